The van der Waals surface area contributed by atoms with Gasteiger partial charge in [0.1, 0.15) is 6.07 Å². The molecular formula is C10H11ClN2O3S. The van der Waals surface area contributed by atoms with Gasteiger partial charge in [0.15, 0.2) is 0 Å². The Morgan fingerprint density at radius 2 is 2.24 bits per heavy atom. The Balaban J connectivity index is 2.83. The summed E-state index contributed by atoms with van der Waals surface area (Å²) in [6.45, 7) is 0.110. The van der Waals surface area contributed by atoms with Crippen LogP contribution in [0.25, 0.3) is 0 Å². The van der Waals surface area contributed by atoms with E-state index < -0.39 is 10.0 Å². The second kappa shape index (κ2) is 5.87. The number of rotatable bonds is 5. The first-order chi connectivity index (χ1) is 7.98. The topological polar surface area (TPSA) is 79.2 Å². The van der Waals surface area contributed by atoms with Gasteiger partial charge in [-0.3, -0.25) is 4.72 Å². The van der Waals surface area contributed by atoms with Crippen LogP contribution in [0.15, 0.2) is 18.2 Å². The molecule has 17 heavy (non-hydrogen) atoms. The number of hydrogen-bond donors (Lipinski definition) is 1. The van der Waals surface area contributed by atoms with Gasteiger partial charge in [-0.25, -0.2) is 8.42 Å². The zero-order chi connectivity index (χ0) is 12.9. The molecule has 0 aromatic heterocycles. The molecule has 7 heteroatoms. The molecule has 1 aromatic rings. The largest absolute Gasteiger partial charge is 0.384 e. The molecule has 0 saturated heterocycles. The minimum Gasteiger partial charge on any atom is -0.384 e. The zero-order valence-corrected chi connectivity index (χ0v) is 10.7. The van der Waals surface area contributed by atoms with Crippen molar-refractivity contribution in [1.29, 1.82) is 5.26 Å². The molecule has 0 bridgehead atoms. The molecule has 0 spiro atoms. The fourth-order valence-electron chi connectivity index (χ4n) is 1.09. The molecule has 1 rings (SSSR count). The van der Waals surface area contributed by atoms with Crippen molar-refractivity contribution in [2.75, 3.05) is 24.2 Å². The molecule has 0 aliphatic carbocycles. The van der Waals surface area contributed by atoms with Crippen LogP contribution in [0.2, 0.25) is 5.02 Å². The number of hydrogen-bond acceptors (Lipinski definition) is 4. The number of halogens is 1. The normalized spacial score (nSPS) is 10.9. The van der Waals surface area contributed by atoms with Crippen molar-refractivity contribution in [2.45, 2.75) is 0 Å². The summed E-state index contributed by atoms with van der Waals surface area (Å²) < 4.78 is 30.1. The van der Waals surface area contributed by atoms with E-state index in [0.717, 1.165) is 0 Å². The van der Waals surface area contributed by atoms with Crippen molar-refractivity contribution < 1.29 is 13.2 Å². The van der Waals surface area contributed by atoms with Gasteiger partial charge >= 0.3 is 0 Å². The van der Waals surface area contributed by atoms with Crippen LogP contribution in [0.1, 0.15) is 5.56 Å². The number of nitriles is 1. The zero-order valence-electron chi connectivity index (χ0n) is 9.10. The Hall–Kier alpha value is -1.29. The van der Waals surface area contributed by atoms with E-state index >= 15 is 0 Å². The Labute approximate surface area is 105 Å². The van der Waals surface area contributed by atoms with E-state index in [0.29, 0.717) is 11.3 Å². The molecule has 0 atom stereocenters. The van der Waals surface area contributed by atoms with Gasteiger partial charge in [0, 0.05) is 7.11 Å². The third-order valence-corrected chi connectivity index (χ3v) is 3.48. The summed E-state index contributed by atoms with van der Waals surface area (Å²) in [4.78, 5) is 0. The van der Waals surface area contributed by atoms with Gasteiger partial charge in [-0.15, -0.1) is 0 Å². The lowest BCUT2D eigenvalue weighted by molar-refractivity contribution is 0.217. The molecule has 0 fully saturated rings. The molecule has 1 aromatic carbocycles. The second-order valence-electron chi connectivity index (χ2n) is 3.22. The quantitative estimate of drug-likeness (QED) is 0.884. The third kappa shape index (κ3) is 4.23. The van der Waals surface area contributed by atoms with Crippen LogP contribution in [0, 0.1) is 11.3 Å². The fourth-order valence-corrected chi connectivity index (χ4v) is 2.29. The van der Waals surface area contributed by atoms with Crippen LogP contribution in [0.5, 0.6) is 0 Å². The van der Waals surface area contributed by atoms with Crippen molar-refractivity contribution in [1.82, 2.24) is 0 Å². The number of anilines is 1. The van der Waals surface area contributed by atoms with E-state index in [2.05, 4.69) is 9.46 Å². The Morgan fingerprint density at radius 1 is 1.53 bits per heavy atom. The van der Waals surface area contributed by atoms with Crippen LogP contribution >= 0.6 is 11.6 Å². The van der Waals surface area contributed by atoms with E-state index in [1.54, 1.807) is 0 Å². The first-order valence-corrected chi connectivity index (χ1v) is 6.70. The summed E-state index contributed by atoms with van der Waals surface area (Å²) in [6.07, 6.45) is 0. The Bertz CT molecular complexity index is 537. The number of nitrogens with zero attached hydrogens (tertiary/aromatic N) is 1. The second-order valence-corrected chi connectivity index (χ2v) is 5.47. The van der Waals surface area contributed by atoms with Crippen molar-refractivity contribution in [3.05, 3.63) is 28.8 Å². The smallest absolute Gasteiger partial charge is 0.235 e. The minimum atomic E-state index is -3.45. The summed E-state index contributed by atoms with van der Waals surface area (Å²) in [5.41, 5.74) is 0.622. The predicted molar refractivity (Wildman–Crippen MR) is 65.5 cm³/mol. The van der Waals surface area contributed by atoms with E-state index in [9.17, 15) is 8.42 Å². The number of nitrogens with one attached hydrogen (secondary N) is 1. The van der Waals surface area contributed by atoms with Crippen LogP contribution in [-0.2, 0) is 14.8 Å². The molecule has 1 N–H and O–H groups in total. The number of benzene rings is 1. The molecule has 5 nitrogen and oxygen atoms in total. The first-order valence-electron chi connectivity index (χ1n) is 4.67. The monoisotopic (exact) mass is 274 g/mol. The van der Waals surface area contributed by atoms with Gasteiger partial charge in [0.05, 0.1) is 28.6 Å². The number of sulfonamides is 1. The maximum Gasteiger partial charge on any atom is 0.235 e. The maximum absolute atomic E-state index is 11.5. The van der Waals surface area contributed by atoms with Gasteiger partial charge in [0.2, 0.25) is 10.0 Å². The minimum absolute atomic E-state index is 0.110. The third-order valence-electron chi connectivity index (χ3n) is 1.92. The van der Waals surface area contributed by atoms with Gasteiger partial charge in [-0.2, -0.15) is 5.26 Å². The highest BCUT2D eigenvalue weighted by Crippen LogP contribution is 2.20. The summed E-state index contributed by atoms with van der Waals surface area (Å²) in [5.74, 6) is -0.138. The Kier molecular flexibility index (Phi) is 4.75. The summed E-state index contributed by atoms with van der Waals surface area (Å²) >= 11 is 5.78. The van der Waals surface area contributed by atoms with E-state index in [1.165, 1.54) is 25.3 Å². The molecule has 92 valence electrons. The summed E-state index contributed by atoms with van der Waals surface area (Å²) in [5, 5.41) is 8.88. The van der Waals surface area contributed by atoms with Crippen molar-refractivity contribution in [2.24, 2.45) is 0 Å². The van der Waals surface area contributed by atoms with E-state index in [4.69, 9.17) is 16.9 Å². The molecule has 0 radical (unpaired) electrons. The lowest BCUT2D eigenvalue weighted by Gasteiger charge is -2.08. The molecule has 0 unspecified atom stereocenters. The Morgan fingerprint density at radius 3 is 2.76 bits per heavy atom. The van der Waals surface area contributed by atoms with Crippen LogP contribution < -0.4 is 4.72 Å². The lowest BCUT2D eigenvalue weighted by Crippen LogP contribution is -2.19. The van der Waals surface area contributed by atoms with Gasteiger partial charge in [-0.05, 0) is 18.2 Å². The predicted octanol–water partition coefficient (Wildman–Crippen LogP) is 1.60. The maximum atomic E-state index is 11.5. The lowest BCUT2D eigenvalue weighted by atomic mass is 10.2. The molecule has 0 amide bonds. The van der Waals surface area contributed by atoms with Crippen LogP contribution in [-0.4, -0.2) is 27.9 Å². The number of ether oxygens (including phenoxy) is 1. The molecule has 0 aliphatic rings. The van der Waals surface area contributed by atoms with Gasteiger partial charge in [-0.1, -0.05) is 11.6 Å². The highest BCUT2D eigenvalue weighted by Gasteiger charge is 2.11. The first kappa shape index (κ1) is 13.8. The van der Waals surface area contributed by atoms with Crippen molar-refractivity contribution >= 4 is 27.3 Å². The van der Waals surface area contributed by atoms with E-state index in [1.807, 2.05) is 6.07 Å². The van der Waals surface area contributed by atoms with Crippen LogP contribution in [0.3, 0.4) is 0 Å². The van der Waals surface area contributed by atoms with Crippen LogP contribution in [0.4, 0.5) is 5.69 Å². The van der Waals surface area contributed by atoms with Gasteiger partial charge in [0.25, 0.3) is 0 Å². The highest BCUT2D eigenvalue weighted by atomic mass is 35.5. The average molecular weight is 275 g/mol. The number of methoxy groups -OCH3 is 1. The molecule has 0 saturated carbocycles. The molecule has 0 aliphatic heterocycles. The SMILES string of the molecule is COCCS(=O)(=O)Nc1ccc(C#N)c(Cl)c1. The fraction of sp³-hybridized carbons (Fsp3) is 0.300. The average Bonchev–Trinajstić information content (AvgIpc) is 2.26. The standard InChI is InChI=1S/C10H11ClN2O3S/c1-16-4-5-17(14,15)13-9-3-2-8(7-12)10(11)6-9/h2-3,6,13H,4-5H2,1H3. The van der Waals surface area contributed by atoms with Crippen molar-refractivity contribution in [3.8, 4) is 6.07 Å². The summed E-state index contributed by atoms with van der Waals surface area (Å²) in [7, 11) is -2.02. The van der Waals surface area contributed by atoms with E-state index in [-0.39, 0.29) is 17.4 Å². The molecule has 0 heterocycles. The van der Waals surface area contributed by atoms with Crippen molar-refractivity contribution in [3.63, 3.8) is 0 Å². The molecular weight excluding hydrogens is 264 g/mol. The highest BCUT2D eigenvalue weighted by molar-refractivity contribution is 7.92. The van der Waals surface area contributed by atoms with Gasteiger partial charge < -0.3 is 4.74 Å². The summed E-state index contributed by atoms with van der Waals surface area (Å²) in [6, 6.07) is 6.22.